The van der Waals surface area contributed by atoms with Gasteiger partial charge in [-0.2, -0.15) is 0 Å². The zero-order valence-electron chi connectivity index (χ0n) is 13.3. The fourth-order valence-corrected chi connectivity index (χ4v) is 2.32. The third kappa shape index (κ3) is 3.84. The van der Waals surface area contributed by atoms with E-state index in [1.807, 2.05) is 38.1 Å². The van der Waals surface area contributed by atoms with Crippen LogP contribution in [0.1, 0.15) is 25.0 Å². The van der Waals surface area contributed by atoms with Crippen LogP contribution in [0.25, 0.3) is 6.08 Å². The minimum Gasteiger partial charge on any atom is -0.491 e. The van der Waals surface area contributed by atoms with E-state index in [2.05, 4.69) is 4.99 Å². The summed E-state index contributed by atoms with van der Waals surface area (Å²) >= 11 is 5.86. The molecule has 0 fully saturated rings. The Morgan fingerprint density at radius 2 is 1.75 bits per heavy atom. The van der Waals surface area contributed by atoms with Gasteiger partial charge in [-0.15, -0.1) is 0 Å². The molecular formula is C19H16ClNO3. The van der Waals surface area contributed by atoms with Gasteiger partial charge < -0.3 is 9.47 Å². The SMILES string of the molecule is CC(C)Oc1ccc(C=C2N=C(c3ccc(Cl)cc3)OC2=O)cc1. The van der Waals surface area contributed by atoms with Gasteiger partial charge >= 0.3 is 5.97 Å². The molecule has 24 heavy (non-hydrogen) atoms. The van der Waals surface area contributed by atoms with Gasteiger partial charge in [0.15, 0.2) is 5.70 Å². The lowest BCUT2D eigenvalue weighted by Crippen LogP contribution is -2.05. The Labute approximate surface area is 145 Å². The third-order valence-electron chi connectivity index (χ3n) is 3.27. The van der Waals surface area contributed by atoms with Gasteiger partial charge in [-0.05, 0) is 61.9 Å². The highest BCUT2D eigenvalue weighted by atomic mass is 35.5. The predicted octanol–water partition coefficient (Wildman–Crippen LogP) is 4.47. The molecule has 0 unspecified atom stereocenters. The summed E-state index contributed by atoms with van der Waals surface area (Å²) in [4.78, 5) is 16.3. The number of carbonyl (C=O) groups excluding carboxylic acids is 1. The van der Waals surface area contributed by atoms with Crippen LogP contribution in [0.5, 0.6) is 5.75 Å². The quantitative estimate of drug-likeness (QED) is 0.609. The zero-order valence-corrected chi connectivity index (χ0v) is 14.1. The van der Waals surface area contributed by atoms with Crippen LogP contribution in [0.15, 0.2) is 59.2 Å². The van der Waals surface area contributed by atoms with Crippen molar-refractivity contribution in [1.29, 1.82) is 0 Å². The summed E-state index contributed by atoms with van der Waals surface area (Å²) < 4.78 is 10.8. The molecule has 4 nitrogen and oxygen atoms in total. The summed E-state index contributed by atoms with van der Waals surface area (Å²) in [6, 6.07) is 14.4. The van der Waals surface area contributed by atoms with Crippen molar-refractivity contribution in [1.82, 2.24) is 0 Å². The number of halogens is 1. The molecule has 0 saturated carbocycles. The van der Waals surface area contributed by atoms with Crippen LogP contribution in [-0.4, -0.2) is 18.0 Å². The minimum atomic E-state index is -0.470. The lowest BCUT2D eigenvalue weighted by atomic mass is 10.2. The molecule has 1 aliphatic heterocycles. The average molecular weight is 342 g/mol. The van der Waals surface area contributed by atoms with E-state index in [-0.39, 0.29) is 17.7 Å². The molecule has 3 rings (SSSR count). The van der Waals surface area contributed by atoms with E-state index in [0.717, 1.165) is 11.3 Å². The van der Waals surface area contributed by atoms with Crippen molar-refractivity contribution in [3.8, 4) is 5.75 Å². The molecule has 0 spiro atoms. The van der Waals surface area contributed by atoms with Crippen LogP contribution in [0.2, 0.25) is 5.02 Å². The first kappa shape index (κ1) is 16.3. The van der Waals surface area contributed by atoms with Crippen molar-refractivity contribution >= 4 is 29.5 Å². The summed E-state index contributed by atoms with van der Waals surface area (Å²) in [5, 5.41) is 0.614. The van der Waals surface area contributed by atoms with Gasteiger partial charge in [-0.3, -0.25) is 0 Å². The van der Waals surface area contributed by atoms with Gasteiger partial charge in [-0.1, -0.05) is 23.7 Å². The topological polar surface area (TPSA) is 47.9 Å². The molecular weight excluding hydrogens is 326 g/mol. The van der Waals surface area contributed by atoms with E-state index in [9.17, 15) is 4.79 Å². The molecule has 122 valence electrons. The second kappa shape index (κ2) is 6.89. The zero-order chi connectivity index (χ0) is 17.1. The van der Waals surface area contributed by atoms with Gasteiger partial charge in [-0.25, -0.2) is 9.79 Å². The molecule has 2 aromatic carbocycles. The normalized spacial score (nSPS) is 15.6. The van der Waals surface area contributed by atoms with E-state index in [1.54, 1.807) is 30.3 Å². The maximum absolute atomic E-state index is 12.0. The smallest absolute Gasteiger partial charge is 0.363 e. The molecule has 0 amide bonds. The van der Waals surface area contributed by atoms with Crippen molar-refractivity contribution < 1.29 is 14.3 Å². The fraction of sp³-hybridized carbons (Fsp3) is 0.158. The van der Waals surface area contributed by atoms with E-state index < -0.39 is 5.97 Å². The number of benzene rings is 2. The molecule has 0 atom stereocenters. The number of carbonyl (C=O) groups is 1. The Kier molecular flexibility index (Phi) is 4.67. The molecule has 1 heterocycles. The first-order chi connectivity index (χ1) is 11.5. The van der Waals surface area contributed by atoms with E-state index in [0.29, 0.717) is 10.6 Å². The van der Waals surface area contributed by atoms with Gasteiger partial charge in [0.2, 0.25) is 5.90 Å². The lowest BCUT2D eigenvalue weighted by Gasteiger charge is -2.09. The second-order valence-electron chi connectivity index (χ2n) is 5.58. The number of cyclic esters (lactones) is 1. The summed E-state index contributed by atoms with van der Waals surface area (Å²) in [6.07, 6.45) is 1.80. The third-order valence-corrected chi connectivity index (χ3v) is 3.52. The highest BCUT2D eigenvalue weighted by Crippen LogP contribution is 2.21. The number of hydrogen-bond acceptors (Lipinski definition) is 4. The van der Waals surface area contributed by atoms with Crippen LogP contribution in [-0.2, 0) is 9.53 Å². The number of hydrogen-bond donors (Lipinski definition) is 0. The number of ether oxygens (including phenoxy) is 2. The molecule has 0 bridgehead atoms. The first-order valence-electron chi connectivity index (χ1n) is 7.56. The van der Waals surface area contributed by atoms with E-state index in [1.165, 1.54) is 0 Å². The maximum atomic E-state index is 12.0. The predicted molar refractivity (Wildman–Crippen MR) is 94.3 cm³/mol. The molecule has 2 aromatic rings. The Morgan fingerprint density at radius 3 is 2.38 bits per heavy atom. The molecule has 0 aromatic heterocycles. The molecule has 0 aliphatic carbocycles. The molecule has 0 N–H and O–H groups in total. The summed E-state index contributed by atoms with van der Waals surface area (Å²) in [7, 11) is 0. The number of nitrogens with zero attached hydrogens (tertiary/aromatic N) is 1. The summed E-state index contributed by atoms with van der Waals surface area (Å²) in [5.41, 5.74) is 1.81. The van der Waals surface area contributed by atoms with E-state index >= 15 is 0 Å². The van der Waals surface area contributed by atoms with Crippen LogP contribution < -0.4 is 4.74 Å². The molecule has 0 saturated heterocycles. The Hall–Kier alpha value is -2.59. The van der Waals surface area contributed by atoms with Gasteiger partial charge in [0.1, 0.15) is 5.75 Å². The Morgan fingerprint density at radius 1 is 1.08 bits per heavy atom. The van der Waals surface area contributed by atoms with Gasteiger partial charge in [0.25, 0.3) is 0 Å². The number of aliphatic imine (C=N–C) groups is 1. The largest absolute Gasteiger partial charge is 0.491 e. The van der Waals surface area contributed by atoms with Crippen molar-refractivity contribution in [3.05, 3.63) is 70.4 Å². The highest BCUT2D eigenvalue weighted by molar-refractivity contribution is 6.30. The van der Waals surface area contributed by atoms with Crippen molar-refractivity contribution in [2.24, 2.45) is 4.99 Å². The molecule has 0 radical (unpaired) electrons. The maximum Gasteiger partial charge on any atom is 0.363 e. The van der Waals surface area contributed by atoms with Gasteiger partial charge in [0.05, 0.1) is 6.10 Å². The fourth-order valence-electron chi connectivity index (χ4n) is 2.20. The van der Waals surface area contributed by atoms with Crippen LogP contribution in [0.3, 0.4) is 0 Å². The summed E-state index contributed by atoms with van der Waals surface area (Å²) in [5.74, 6) is 0.594. The monoisotopic (exact) mass is 341 g/mol. The van der Waals surface area contributed by atoms with Crippen molar-refractivity contribution in [3.63, 3.8) is 0 Å². The second-order valence-corrected chi connectivity index (χ2v) is 6.02. The van der Waals surface area contributed by atoms with Gasteiger partial charge in [0, 0.05) is 10.6 Å². The number of esters is 1. The van der Waals surface area contributed by atoms with E-state index in [4.69, 9.17) is 21.1 Å². The Bertz CT molecular complexity index is 806. The van der Waals surface area contributed by atoms with Crippen LogP contribution in [0.4, 0.5) is 0 Å². The summed E-state index contributed by atoms with van der Waals surface area (Å²) in [6.45, 7) is 3.94. The molecule has 5 heteroatoms. The van der Waals surface area contributed by atoms with Crippen LogP contribution in [0, 0.1) is 0 Å². The van der Waals surface area contributed by atoms with Crippen molar-refractivity contribution in [2.75, 3.05) is 0 Å². The standard InChI is InChI=1S/C19H16ClNO3/c1-12(2)23-16-9-3-13(4-10-16)11-17-19(22)24-18(21-17)14-5-7-15(20)8-6-14/h3-12H,1-2H3. The Balaban J connectivity index is 1.81. The van der Waals surface area contributed by atoms with Crippen molar-refractivity contribution in [2.45, 2.75) is 20.0 Å². The minimum absolute atomic E-state index is 0.116. The lowest BCUT2D eigenvalue weighted by molar-refractivity contribution is -0.129. The average Bonchev–Trinajstić information content (AvgIpc) is 2.90. The first-order valence-corrected chi connectivity index (χ1v) is 7.94. The molecule has 1 aliphatic rings. The van der Waals surface area contributed by atoms with Crippen LogP contribution >= 0.6 is 11.6 Å². The number of rotatable bonds is 4. The highest BCUT2D eigenvalue weighted by Gasteiger charge is 2.24.